The molecule has 0 saturated carbocycles. The summed E-state index contributed by atoms with van der Waals surface area (Å²) in [6, 6.07) is 8.23. The number of anilines is 1. The van der Waals surface area contributed by atoms with E-state index in [1.165, 1.54) is 13.5 Å². The van der Waals surface area contributed by atoms with E-state index in [1.54, 1.807) is 6.07 Å². The first-order valence-electron chi connectivity index (χ1n) is 6.92. The first kappa shape index (κ1) is 13.9. The Morgan fingerprint density at radius 1 is 1.53 bits per heavy atom. The van der Waals surface area contributed by atoms with Crippen LogP contribution in [0, 0.1) is 0 Å². The van der Waals surface area contributed by atoms with Crippen LogP contribution in [0.15, 0.2) is 24.3 Å². The van der Waals surface area contributed by atoms with Gasteiger partial charge in [0.2, 0.25) is 0 Å². The summed E-state index contributed by atoms with van der Waals surface area (Å²) in [5, 5.41) is 3.43. The van der Waals surface area contributed by atoms with Crippen molar-refractivity contribution in [3.8, 4) is 0 Å². The molecule has 104 valence electrons. The number of carbonyl (C=O) groups excluding carboxylic acids is 1. The molecule has 4 heteroatoms. The Hall–Kier alpha value is -1.55. The lowest BCUT2D eigenvalue weighted by molar-refractivity contribution is 0.0601. The fourth-order valence-electron chi connectivity index (χ4n) is 2.62. The van der Waals surface area contributed by atoms with Crippen molar-refractivity contribution in [2.45, 2.75) is 25.8 Å². The summed E-state index contributed by atoms with van der Waals surface area (Å²) in [7, 11) is 1.42. The molecule has 1 fully saturated rings. The van der Waals surface area contributed by atoms with Gasteiger partial charge in [0.1, 0.15) is 0 Å². The van der Waals surface area contributed by atoms with E-state index in [0.29, 0.717) is 11.6 Å². The zero-order chi connectivity index (χ0) is 13.7. The molecule has 1 atom stereocenters. The van der Waals surface area contributed by atoms with Gasteiger partial charge in [0, 0.05) is 31.4 Å². The van der Waals surface area contributed by atoms with E-state index in [0.717, 1.165) is 31.7 Å². The van der Waals surface area contributed by atoms with Gasteiger partial charge in [-0.2, -0.15) is 0 Å². The molecule has 0 aliphatic carbocycles. The molecule has 2 rings (SSSR count). The maximum Gasteiger partial charge on any atom is 0.337 e. The van der Waals surface area contributed by atoms with Gasteiger partial charge in [0.15, 0.2) is 0 Å². The van der Waals surface area contributed by atoms with Gasteiger partial charge >= 0.3 is 5.97 Å². The summed E-state index contributed by atoms with van der Waals surface area (Å²) in [5.74, 6) is -0.274. The maximum atomic E-state index is 11.6. The third-order valence-corrected chi connectivity index (χ3v) is 3.57. The summed E-state index contributed by atoms with van der Waals surface area (Å²) in [6.07, 6.45) is 2.33. The number of esters is 1. The van der Waals surface area contributed by atoms with Crippen LogP contribution >= 0.6 is 0 Å². The number of piperazine rings is 1. The van der Waals surface area contributed by atoms with Crippen molar-refractivity contribution in [2.24, 2.45) is 0 Å². The standard InChI is InChI=1S/C15H22N2O2/c1-3-5-14-11-16-8-9-17(14)13-7-4-6-12(10-13)15(18)19-2/h4,6-7,10,14,16H,3,5,8-9,11H2,1-2H3/t14-/m1/s1. The number of nitrogens with zero attached hydrogens (tertiary/aromatic N) is 1. The van der Waals surface area contributed by atoms with E-state index >= 15 is 0 Å². The molecule has 0 spiro atoms. The highest BCUT2D eigenvalue weighted by molar-refractivity contribution is 5.90. The Kier molecular flexibility index (Phi) is 4.80. The number of methoxy groups -OCH3 is 1. The first-order valence-corrected chi connectivity index (χ1v) is 6.92. The second-order valence-corrected chi connectivity index (χ2v) is 4.88. The molecule has 0 radical (unpaired) electrons. The Bertz CT molecular complexity index is 432. The number of rotatable bonds is 4. The van der Waals surface area contributed by atoms with Gasteiger partial charge < -0.3 is 15.0 Å². The van der Waals surface area contributed by atoms with E-state index in [-0.39, 0.29) is 5.97 Å². The fourth-order valence-corrected chi connectivity index (χ4v) is 2.62. The van der Waals surface area contributed by atoms with E-state index in [9.17, 15) is 4.79 Å². The number of carbonyl (C=O) groups is 1. The lowest BCUT2D eigenvalue weighted by Gasteiger charge is -2.38. The Labute approximate surface area is 114 Å². The molecule has 1 saturated heterocycles. The summed E-state index contributed by atoms with van der Waals surface area (Å²) < 4.78 is 4.78. The highest BCUT2D eigenvalue weighted by Gasteiger charge is 2.22. The second kappa shape index (κ2) is 6.57. The van der Waals surface area contributed by atoms with Crippen LogP contribution in [0.1, 0.15) is 30.1 Å². The molecular weight excluding hydrogens is 240 g/mol. The quantitative estimate of drug-likeness (QED) is 0.843. The molecule has 0 bridgehead atoms. The van der Waals surface area contributed by atoms with Gasteiger partial charge in [-0.05, 0) is 24.6 Å². The van der Waals surface area contributed by atoms with Crippen LogP contribution in [0.2, 0.25) is 0 Å². The summed E-state index contributed by atoms with van der Waals surface area (Å²) in [5.41, 5.74) is 1.73. The van der Waals surface area contributed by atoms with E-state index in [4.69, 9.17) is 4.74 Å². The van der Waals surface area contributed by atoms with Gasteiger partial charge in [-0.3, -0.25) is 0 Å². The van der Waals surface area contributed by atoms with Gasteiger partial charge in [-0.15, -0.1) is 0 Å². The van der Waals surface area contributed by atoms with E-state index < -0.39 is 0 Å². The molecule has 1 aromatic rings. The SMILES string of the molecule is CCC[C@@H]1CNCCN1c1cccc(C(=O)OC)c1. The number of hydrogen-bond donors (Lipinski definition) is 1. The molecule has 1 N–H and O–H groups in total. The summed E-state index contributed by atoms with van der Waals surface area (Å²) in [6.45, 7) is 5.19. The Balaban J connectivity index is 2.21. The van der Waals surface area contributed by atoms with Gasteiger partial charge in [0.25, 0.3) is 0 Å². The van der Waals surface area contributed by atoms with Crippen LogP contribution in [0.25, 0.3) is 0 Å². The normalized spacial score (nSPS) is 19.3. The molecule has 19 heavy (non-hydrogen) atoms. The third kappa shape index (κ3) is 3.26. The van der Waals surface area contributed by atoms with Crippen molar-refractivity contribution >= 4 is 11.7 Å². The minimum atomic E-state index is -0.274. The molecular formula is C15H22N2O2. The predicted octanol–water partition coefficient (Wildman–Crippen LogP) is 2.05. The molecule has 0 unspecified atom stereocenters. The average Bonchev–Trinajstić information content (AvgIpc) is 2.47. The number of ether oxygens (including phenoxy) is 1. The third-order valence-electron chi connectivity index (χ3n) is 3.57. The zero-order valence-corrected chi connectivity index (χ0v) is 11.7. The maximum absolute atomic E-state index is 11.6. The summed E-state index contributed by atoms with van der Waals surface area (Å²) >= 11 is 0. The molecule has 1 heterocycles. The van der Waals surface area contributed by atoms with Crippen LogP contribution in [-0.2, 0) is 4.74 Å². The van der Waals surface area contributed by atoms with Crippen molar-refractivity contribution in [3.05, 3.63) is 29.8 Å². The fraction of sp³-hybridized carbons (Fsp3) is 0.533. The molecule has 4 nitrogen and oxygen atoms in total. The second-order valence-electron chi connectivity index (χ2n) is 4.88. The number of nitrogens with one attached hydrogen (secondary N) is 1. The van der Waals surface area contributed by atoms with Crippen LogP contribution < -0.4 is 10.2 Å². The highest BCUT2D eigenvalue weighted by Crippen LogP contribution is 2.22. The largest absolute Gasteiger partial charge is 0.465 e. The van der Waals surface area contributed by atoms with Crippen molar-refractivity contribution in [1.82, 2.24) is 5.32 Å². The average molecular weight is 262 g/mol. The van der Waals surface area contributed by atoms with Gasteiger partial charge in [-0.1, -0.05) is 19.4 Å². The smallest absolute Gasteiger partial charge is 0.337 e. The molecule has 0 amide bonds. The molecule has 0 aromatic heterocycles. The number of hydrogen-bond acceptors (Lipinski definition) is 4. The van der Waals surface area contributed by atoms with Crippen LogP contribution in [-0.4, -0.2) is 38.8 Å². The highest BCUT2D eigenvalue weighted by atomic mass is 16.5. The van der Waals surface area contributed by atoms with Crippen LogP contribution in [0.3, 0.4) is 0 Å². The Morgan fingerprint density at radius 3 is 3.11 bits per heavy atom. The van der Waals surface area contributed by atoms with E-state index in [1.807, 2.05) is 12.1 Å². The monoisotopic (exact) mass is 262 g/mol. The zero-order valence-electron chi connectivity index (χ0n) is 11.7. The van der Waals surface area contributed by atoms with Gasteiger partial charge in [0.05, 0.1) is 12.7 Å². The molecule has 1 aliphatic heterocycles. The summed E-state index contributed by atoms with van der Waals surface area (Å²) in [4.78, 5) is 14.0. The lowest BCUT2D eigenvalue weighted by Crippen LogP contribution is -2.51. The lowest BCUT2D eigenvalue weighted by atomic mass is 10.1. The van der Waals surface area contributed by atoms with Crippen LogP contribution in [0.5, 0.6) is 0 Å². The van der Waals surface area contributed by atoms with Crippen molar-refractivity contribution in [3.63, 3.8) is 0 Å². The minimum Gasteiger partial charge on any atom is -0.465 e. The predicted molar refractivity (Wildman–Crippen MR) is 76.7 cm³/mol. The van der Waals surface area contributed by atoms with Gasteiger partial charge in [-0.25, -0.2) is 4.79 Å². The minimum absolute atomic E-state index is 0.274. The van der Waals surface area contributed by atoms with Crippen molar-refractivity contribution in [1.29, 1.82) is 0 Å². The first-order chi connectivity index (χ1) is 9.26. The Morgan fingerprint density at radius 2 is 2.37 bits per heavy atom. The van der Waals surface area contributed by atoms with Crippen molar-refractivity contribution in [2.75, 3.05) is 31.6 Å². The molecule has 1 aromatic carbocycles. The topological polar surface area (TPSA) is 41.6 Å². The van der Waals surface area contributed by atoms with Crippen molar-refractivity contribution < 1.29 is 9.53 Å². The number of benzene rings is 1. The van der Waals surface area contributed by atoms with E-state index in [2.05, 4.69) is 23.2 Å². The van der Waals surface area contributed by atoms with Crippen LogP contribution in [0.4, 0.5) is 5.69 Å². The molecule has 1 aliphatic rings.